The maximum Gasteiger partial charge on any atom is 0.240 e. The van der Waals surface area contributed by atoms with Crippen LogP contribution in [-0.2, 0) is 21.2 Å². The molecule has 10 heteroatoms. The van der Waals surface area contributed by atoms with Crippen molar-refractivity contribution in [3.63, 3.8) is 0 Å². The molecule has 0 unspecified atom stereocenters. The second-order valence-electron chi connectivity index (χ2n) is 6.35. The number of rotatable bonds is 10. The molecule has 0 amide bonds. The average Bonchev–Trinajstić information content (AvgIpc) is 3.13. The van der Waals surface area contributed by atoms with Gasteiger partial charge in [-0.25, -0.2) is 28.1 Å². The fourth-order valence-electron chi connectivity index (χ4n) is 2.81. The van der Waals surface area contributed by atoms with E-state index in [1.807, 2.05) is 19.9 Å². The molecule has 158 valence electrons. The lowest BCUT2D eigenvalue weighted by Crippen LogP contribution is -2.27. The molecule has 0 atom stereocenters. The third-order valence-electron chi connectivity index (χ3n) is 4.19. The summed E-state index contributed by atoms with van der Waals surface area (Å²) in [6.45, 7) is 7.72. The fourth-order valence-corrected chi connectivity index (χ4v) is 3.83. The number of sulfonamides is 1. The van der Waals surface area contributed by atoms with Crippen molar-refractivity contribution < 1.29 is 13.2 Å². The van der Waals surface area contributed by atoms with E-state index < -0.39 is 10.0 Å². The Hall–Kier alpha value is -3.24. The van der Waals surface area contributed by atoms with E-state index in [4.69, 9.17) is 4.74 Å². The summed E-state index contributed by atoms with van der Waals surface area (Å²) in [6.07, 6.45) is 3.72. The first kappa shape index (κ1) is 21.5. The molecule has 3 rings (SSSR count). The third-order valence-corrected chi connectivity index (χ3v) is 5.67. The van der Waals surface area contributed by atoms with Crippen molar-refractivity contribution in [2.75, 3.05) is 18.5 Å². The van der Waals surface area contributed by atoms with E-state index in [0.717, 1.165) is 29.3 Å². The summed E-state index contributed by atoms with van der Waals surface area (Å²) in [7, 11) is -3.61. The van der Waals surface area contributed by atoms with Gasteiger partial charge in [-0.2, -0.15) is 0 Å². The minimum atomic E-state index is -3.61. The highest BCUT2D eigenvalue weighted by molar-refractivity contribution is 7.89. The summed E-state index contributed by atoms with van der Waals surface area (Å²) >= 11 is 0. The average molecular weight is 429 g/mol. The Bertz CT molecular complexity index is 1110. The predicted octanol–water partition coefficient (Wildman–Crippen LogP) is 2.92. The van der Waals surface area contributed by atoms with E-state index >= 15 is 0 Å². The van der Waals surface area contributed by atoms with Gasteiger partial charge in [-0.3, -0.25) is 0 Å². The summed E-state index contributed by atoms with van der Waals surface area (Å²) in [4.78, 5) is 16.6. The SMILES string of the molecule is C=COCCNS(=O)(=O)c1ccc(Nc2nccc(-c3[nH]c(C)nc3CC)n2)cc1. The van der Waals surface area contributed by atoms with Crippen LogP contribution in [0.2, 0.25) is 0 Å². The molecule has 0 aliphatic rings. The number of benzene rings is 1. The van der Waals surface area contributed by atoms with E-state index in [0.29, 0.717) is 11.6 Å². The van der Waals surface area contributed by atoms with Gasteiger partial charge in [0, 0.05) is 18.4 Å². The molecular weight excluding hydrogens is 404 g/mol. The van der Waals surface area contributed by atoms with Gasteiger partial charge in [0.05, 0.1) is 28.2 Å². The minimum Gasteiger partial charge on any atom is -0.500 e. The molecule has 1 aromatic carbocycles. The van der Waals surface area contributed by atoms with E-state index in [-0.39, 0.29) is 18.0 Å². The molecule has 0 spiro atoms. The number of hydrogen-bond acceptors (Lipinski definition) is 7. The van der Waals surface area contributed by atoms with Gasteiger partial charge in [-0.15, -0.1) is 0 Å². The van der Waals surface area contributed by atoms with Crippen LogP contribution in [0.4, 0.5) is 11.6 Å². The van der Waals surface area contributed by atoms with Crippen LogP contribution in [0.25, 0.3) is 11.4 Å². The number of anilines is 2. The summed E-state index contributed by atoms with van der Waals surface area (Å²) in [6, 6.07) is 8.15. The number of aromatic amines is 1. The topological polar surface area (TPSA) is 122 Å². The summed E-state index contributed by atoms with van der Waals surface area (Å²) in [5, 5.41) is 3.09. The van der Waals surface area contributed by atoms with Crippen LogP contribution in [0, 0.1) is 6.92 Å². The normalized spacial score (nSPS) is 11.3. The van der Waals surface area contributed by atoms with Crippen molar-refractivity contribution >= 4 is 21.7 Å². The molecule has 0 fully saturated rings. The molecule has 2 heterocycles. The number of H-pyrrole nitrogens is 1. The second kappa shape index (κ2) is 9.51. The molecule has 0 aliphatic heterocycles. The highest BCUT2D eigenvalue weighted by atomic mass is 32.2. The number of ether oxygens (including phenoxy) is 1. The van der Waals surface area contributed by atoms with Gasteiger partial charge in [0.1, 0.15) is 12.4 Å². The van der Waals surface area contributed by atoms with Crippen LogP contribution in [-0.4, -0.2) is 41.5 Å². The van der Waals surface area contributed by atoms with Gasteiger partial charge in [0.25, 0.3) is 0 Å². The fraction of sp³-hybridized carbons (Fsp3) is 0.250. The smallest absolute Gasteiger partial charge is 0.240 e. The number of nitrogens with one attached hydrogen (secondary N) is 3. The molecule has 30 heavy (non-hydrogen) atoms. The van der Waals surface area contributed by atoms with Gasteiger partial charge >= 0.3 is 0 Å². The van der Waals surface area contributed by atoms with Crippen molar-refractivity contribution in [3.8, 4) is 11.4 Å². The van der Waals surface area contributed by atoms with Crippen LogP contribution in [0.1, 0.15) is 18.4 Å². The second-order valence-corrected chi connectivity index (χ2v) is 8.11. The maximum atomic E-state index is 12.3. The van der Waals surface area contributed by atoms with Crippen molar-refractivity contribution in [2.45, 2.75) is 25.2 Å². The van der Waals surface area contributed by atoms with Crippen LogP contribution < -0.4 is 10.0 Å². The summed E-state index contributed by atoms with van der Waals surface area (Å²) in [5.41, 5.74) is 3.21. The number of nitrogens with zero attached hydrogens (tertiary/aromatic N) is 3. The van der Waals surface area contributed by atoms with Gasteiger partial charge in [-0.05, 0) is 43.7 Å². The van der Waals surface area contributed by atoms with Crippen molar-refractivity contribution in [3.05, 3.63) is 60.9 Å². The Balaban J connectivity index is 1.72. The van der Waals surface area contributed by atoms with Crippen LogP contribution in [0.5, 0.6) is 0 Å². The number of aryl methyl sites for hydroxylation is 2. The standard InChI is InChI=1S/C20H24N6O3S/c1-4-17-19(24-14(3)23-17)18-10-11-21-20(26-18)25-15-6-8-16(9-7-15)30(27,28)22-12-13-29-5-2/h5-11,22H,2,4,12-13H2,1,3H3,(H,23,24)(H,21,25,26). The zero-order valence-corrected chi connectivity index (χ0v) is 17.7. The van der Waals surface area contributed by atoms with Gasteiger partial charge in [0.2, 0.25) is 16.0 Å². The number of aromatic nitrogens is 4. The first-order valence-electron chi connectivity index (χ1n) is 9.41. The van der Waals surface area contributed by atoms with Crippen LogP contribution in [0.3, 0.4) is 0 Å². The number of hydrogen-bond donors (Lipinski definition) is 3. The van der Waals surface area contributed by atoms with Crippen molar-refractivity contribution in [2.24, 2.45) is 0 Å². The lowest BCUT2D eigenvalue weighted by molar-refractivity contribution is 0.256. The Labute approximate surface area is 175 Å². The molecular formula is C20H24N6O3S. The molecule has 0 aliphatic carbocycles. The molecule has 3 N–H and O–H groups in total. The monoisotopic (exact) mass is 428 g/mol. The minimum absolute atomic E-state index is 0.154. The van der Waals surface area contributed by atoms with E-state index in [1.54, 1.807) is 18.3 Å². The van der Waals surface area contributed by atoms with Crippen LogP contribution in [0.15, 0.2) is 54.3 Å². The molecule has 9 nitrogen and oxygen atoms in total. The zero-order valence-electron chi connectivity index (χ0n) is 16.8. The van der Waals surface area contributed by atoms with Gasteiger partial charge in [-0.1, -0.05) is 13.5 Å². The Morgan fingerprint density at radius 2 is 1.97 bits per heavy atom. The Morgan fingerprint density at radius 1 is 1.20 bits per heavy atom. The first-order chi connectivity index (χ1) is 14.4. The molecule has 0 bridgehead atoms. The lowest BCUT2D eigenvalue weighted by Gasteiger charge is -2.09. The lowest BCUT2D eigenvalue weighted by atomic mass is 10.2. The van der Waals surface area contributed by atoms with Crippen molar-refractivity contribution in [1.82, 2.24) is 24.7 Å². The molecule has 0 radical (unpaired) electrons. The molecule has 3 aromatic rings. The van der Waals surface area contributed by atoms with E-state index in [1.165, 1.54) is 18.4 Å². The summed E-state index contributed by atoms with van der Waals surface area (Å²) in [5.74, 6) is 1.23. The first-order valence-corrected chi connectivity index (χ1v) is 10.9. The van der Waals surface area contributed by atoms with Crippen LogP contribution >= 0.6 is 0 Å². The highest BCUT2D eigenvalue weighted by Gasteiger charge is 2.14. The van der Waals surface area contributed by atoms with Crippen molar-refractivity contribution in [1.29, 1.82) is 0 Å². The molecule has 0 saturated carbocycles. The Kier molecular flexibility index (Phi) is 6.80. The summed E-state index contributed by atoms with van der Waals surface area (Å²) < 4.78 is 31.9. The Morgan fingerprint density at radius 3 is 2.67 bits per heavy atom. The predicted molar refractivity (Wildman–Crippen MR) is 115 cm³/mol. The van der Waals surface area contributed by atoms with Gasteiger partial charge < -0.3 is 15.0 Å². The third kappa shape index (κ3) is 5.22. The zero-order chi connectivity index (χ0) is 21.6. The van der Waals surface area contributed by atoms with E-state index in [2.05, 4.69) is 36.6 Å². The maximum absolute atomic E-state index is 12.3. The highest BCUT2D eigenvalue weighted by Crippen LogP contribution is 2.22. The molecule has 0 saturated heterocycles. The van der Waals surface area contributed by atoms with E-state index in [9.17, 15) is 8.42 Å². The number of imidazole rings is 1. The largest absolute Gasteiger partial charge is 0.500 e. The quantitative estimate of drug-likeness (QED) is 0.335. The molecule has 2 aromatic heterocycles. The van der Waals surface area contributed by atoms with Gasteiger partial charge in [0.15, 0.2) is 0 Å².